The van der Waals surface area contributed by atoms with Gasteiger partial charge in [-0.15, -0.1) is 10.2 Å². The van der Waals surface area contributed by atoms with Crippen molar-refractivity contribution in [2.24, 2.45) is 0 Å². The van der Waals surface area contributed by atoms with Crippen LogP contribution in [0.1, 0.15) is 25.7 Å². The zero-order valence-electron chi connectivity index (χ0n) is 16.1. The first-order valence-electron chi connectivity index (χ1n) is 9.79. The van der Waals surface area contributed by atoms with Crippen LogP contribution in [-0.4, -0.2) is 39.9 Å². The summed E-state index contributed by atoms with van der Waals surface area (Å²) in [5, 5.41) is 11.2. The van der Waals surface area contributed by atoms with Crippen molar-refractivity contribution in [3.8, 4) is 11.5 Å². The third kappa shape index (κ3) is 5.35. The third-order valence-corrected chi connectivity index (χ3v) is 5.58. The quantitative estimate of drug-likeness (QED) is 0.610. The Morgan fingerprint density at radius 2 is 1.86 bits per heavy atom. The number of benzene rings is 1. The molecule has 0 atom stereocenters. The molecule has 1 saturated heterocycles. The molecule has 0 spiro atoms. The molecule has 1 aliphatic heterocycles. The topological polar surface area (TPSA) is 84.1 Å². The number of nitrogens with zero attached hydrogens (tertiary/aromatic N) is 4. The summed E-state index contributed by atoms with van der Waals surface area (Å²) in [6, 6.07) is 11.7. The molecule has 1 amide bonds. The molecule has 3 heterocycles. The third-order valence-electron chi connectivity index (χ3n) is 4.76. The lowest BCUT2D eigenvalue weighted by atomic mass is 10.2. The van der Waals surface area contributed by atoms with Gasteiger partial charge in [-0.25, -0.2) is 0 Å². The van der Waals surface area contributed by atoms with Gasteiger partial charge in [-0.3, -0.25) is 9.78 Å². The molecule has 0 unspecified atom stereocenters. The number of amides is 1. The monoisotopic (exact) mass is 409 g/mol. The van der Waals surface area contributed by atoms with Gasteiger partial charge in [0.05, 0.1) is 11.3 Å². The van der Waals surface area contributed by atoms with Crippen LogP contribution in [0.4, 0.5) is 11.4 Å². The van der Waals surface area contributed by atoms with Gasteiger partial charge in [0, 0.05) is 36.9 Å². The summed E-state index contributed by atoms with van der Waals surface area (Å²) in [5.41, 5.74) is 2.75. The average Bonchev–Trinajstić information content (AvgIpc) is 3.07. The highest BCUT2D eigenvalue weighted by Crippen LogP contribution is 2.24. The number of nitrogens with one attached hydrogen (secondary N) is 1. The van der Waals surface area contributed by atoms with Crippen molar-refractivity contribution in [2.45, 2.75) is 30.9 Å². The van der Waals surface area contributed by atoms with Crippen molar-refractivity contribution < 1.29 is 9.21 Å². The number of pyridine rings is 1. The second-order valence-electron chi connectivity index (χ2n) is 6.90. The second-order valence-corrected chi connectivity index (χ2v) is 7.83. The maximum Gasteiger partial charge on any atom is 0.277 e. The summed E-state index contributed by atoms with van der Waals surface area (Å²) in [5.74, 6) is 0.478. The minimum Gasteiger partial charge on any atom is -0.411 e. The van der Waals surface area contributed by atoms with Crippen LogP contribution < -0.4 is 10.2 Å². The van der Waals surface area contributed by atoms with Crippen LogP contribution in [-0.2, 0) is 4.79 Å². The van der Waals surface area contributed by atoms with E-state index in [0.717, 1.165) is 24.3 Å². The Labute approximate surface area is 173 Å². The molecule has 3 aromatic rings. The standard InChI is InChI=1S/C21H23N5O2S/c27-19(15-29-21-25-24-20(28-21)16-6-5-11-22-14-16)23-17-7-9-18(10-8-17)26-12-3-1-2-4-13-26/h5-11,14H,1-4,12-13,15H2,(H,23,27). The Bertz CT molecular complexity index is 922. The molecule has 150 valence electrons. The predicted molar refractivity (Wildman–Crippen MR) is 114 cm³/mol. The minimum absolute atomic E-state index is 0.112. The molecule has 8 heteroatoms. The Morgan fingerprint density at radius 1 is 1.07 bits per heavy atom. The first-order chi connectivity index (χ1) is 14.3. The van der Waals surface area contributed by atoms with Crippen molar-refractivity contribution in [3.63, 3.8) is 0 Å². The molecule has 1 fully saturated rings. The van der Waals surface area contributed by atoms with E-state index < -0.39 is 0 Å². The molecule has 4 rings (SSSR count). The average molecular weight is 410 g/mol. The first-order valence-corrected chi connectivity index (χ1v) is 10.8. The Morgan fingerprint density at radius 3 is 2.59 bits per heavy atom. The van der Waals surface area contributed by atoms with Crippen LogP contribution in [0.15, 0.2) is 58.4 Å². The van der Waals surface area contributed by atoms with Crippen molar-refractivity contribution in [2.75, 3.05) is 29.1 Å². The summed E-state index contributed by atoms with van der Waals surface area (Å²) >= 11 is 1.21. The van der Waals surface area contributed by atoms with E-state index in [1.165, 1.54) is 43.1 Å². The molecule has 1 N–H and O–H groups in total. The van der Waals surface area contributed by atoms with Gasteiger partial charge < -0.3 is 14.6 Å². The van der Waals surface area contributed by atoms with Gasteiger partial charge in [0.2, 0.25) is 11.8 Å². The van der Waals surface area contributed by atoms with Gasteiger partial charge in [-0.2, -0.15) is 0 Å². The molecular weight excluding hydrogens is 386 g/mol. The predicted octanol–water partition coefficient (Wildman–Crippen LogP) is 4.24. The number of carbonyl (C=O) groups excluding carboxylic acids is 1. The van der Waals surface area contributed by atoms with Gasteiger partial charge in [0.15, 0.2) is 0 Å². The van der Waals surface area contributed by atoms with Crippen molar-refractivity contribution in [3.05, 3.63) is 48.8 Å². The van der Waals surface area contributed by atoms with E-state index in [9.17, 15) is 4.79 Å². The lowest BCUT2D eigenvalue weighted by Crippen LogP contribution is -2.23. The fraction of sp³-hybridized carbons (Fsp3) is 0.333. The highest BCUT2D eigenvalue weighted by molar-refractivity contribution is 7.99. The zero-order chi connectivity index (χ0) is 19.9. The molecule has 0 aliphatic carbocycles. The highest BCUT2D eigenvalue weighted by atomic mass is 32.2. The number of hydrogen-bond acceptors (Lipinski definition) is 7. The largest absolute Gasteiger partial charge is 0.411 e. The van der Waals surface area contributed by atoms with Gasteiger partial charge >= 0.3 is 0 Å². The van der Waals surface area contributed by atoms with Crippen LogP contribution in [0, 0.1) is 0 Å². The Hall–Kier alpha value is -2.87. The molecule has 7 nitrogen and oxygen atoms in total. The summed E-state index contributed by atoms with van der Waals surface area (Å²) in [6.45, 7) is 2.21. The molecule has 1 aliphatic rings. The Kier molecular flexibility index (Phi) is 6.41. The highest BCUT2D eigenvalue weighted by Gasteiger charge is 2.12. The Balaban J connectivity index is 1.28. The van der Waals surface area contributed by atoms with Gasteiger partial charge in [0.1, 0.15) is 0 Å². The van der Waals surface area contributed by atoms with E-state index in [0.29, 0.717) is 11.1 Å². The van der Waals surface area contributed by atoms with E-state index in [1.807, 2.05) is 18.2 Å². The lowest BCUT2D eigenvalue weighted by molar-refractivity contribution is -0.113. The maximum atomic E-state index is 12.3. The van der Waals surface area contributed by atoms with Crippen molar-refractivity contribution in [1.29, 1.82) is 0 Å². The number of rotatable bonds is 6. The number of hydrogen-bond donors (Lipinski definition) is 1. The van der Waals surface area contributed by atoms with Gasteiger partial charge in [-0.05, 0) is 49.2 Å². The first kappa shape index (κ1) is 19.4. The molecule has 0 saturated carbocycles. The van der Waals surface area contributed by atoms with Gasteiger partial charge in [-0.1, -0.05) is 24.6 Å². The van der Waals surface area contributed by atoms with Crippen LogP contribution in [0.3, 0.4) is 0 Å². The summed E-state index contributed by atoms with van der Waals surface area (Å²) in [4.78, 5) is 18.7. The molecule has 1 aromatic carbocycles. The SMILES string of the molecule is O=C(CSc1nnc(-c2cccnc2)o1)Nc1ccc(N2CCCCCC2)cc1. The second kappa shape index (κ2) is 9.56. The molecular formula is C21H23N5O2S. The normalized spacial score (nSPS) is 14.4. The number of anilines is 2. The van der Waals surface area contributed by atoms with Crippen molar-refractivity contribution >= 4 is 29.0 Å². The summed E-state index contributed by atoms with van der Waals surface area (Å²) < 4.78 is 5.58. The van der Waals surface area contributed by atoms with Crippen LogP contribution in [0.5, 0.6) is 0 Å². The lowest BCUT2D eigenvalue weighted by Gasteiger charge is -2.22. The maximum absolute atomic E-state index is 12.3. The molecule has 2 aromatic heterocycles. The van der Waals surface area contributed by atoms with E-state index in [-0.39, 0.29) is 11.7 Å². The minimum atomic E-state index is -0.112. The van der Waals surface area contributed by atoms with E-state index in [2.05, 4.69) is 37.5 Å². The fourth-order valence-corrected chi connectivity index (χ4v) is 3.85. The van der Waals surface area contributed by atoms with Crippen LogP contribution in [0.2, 0.25) is 0 Å². The van der Waals surface area contributed by atoms with Crippen LogP contribution in [0.25, 0.3) is 11.5 Å². The fourth-order valence-electron chi connectivity index (χ4n) is 3.28. The molecule has 0 bridgehead atoms. The smallest absolute Gasteiger partial charge is 0.277 e. The molecule has 0 radical (unpaired) electrons. The van der Waals surface area contributed by atoms with E-state index >= 15 is 0 Å². The molecule has 29 heavy (non-hydrogen) atoms. The van der Waals surface area contributed by atoms with Gasteiger partial charge in [0.25, 0.3) is 5.22 Å². The van der Waals surface area contributed by atoms with E-state index in [1.54, 1.807) is 18.5 Å². The summed E-state index contributed by atoms with van der Waals surface area (Å²) in [7, 11) is 0. The van der Waals surface area contributed by atoms with Crippen LogP contribution >= 0.6 is 11.8 Å². The number of thioether (sulfide) groups is 1. The zero-order valence-corrected chi connectivity index (χ0v) is 16.9. The number of carbonyl (C=O) groups is 1. The van der Waals surface area contributed by atoms with Crippen molar-refractivity contribution in [1.82, 2.24) is 15.2 Å². The summed E-state index contributed by atoms with van der Waals surface area (Å²) in [6.07, 6.45) is 8.45. The van der Waals surface area contributed by atoms with E-state index in [4.69, 9.17) is 4.42 Å². The number of aromatic nitrogens is 3.